The van der Waals surface area contributed by atoms with Crippen molar-refractivity contribution in [3.05, 3.63) is 0 Å². The fourth-order valence-electron chi connectivity index (χ4n) is 1.64. The summed E-state index contributed by atoms with van der Waals surface area (Å²) in [5, 5.41) is 17.5. The lowest BCUT2D eigenvalue weighted by molar-refractivity contribution is -0.142. The van der Waals surface area contributed by atoms with Gasteiger partial charge in [-0.25, -0.2) is 0 Å². The molecule has 0 spiro atoms. The first-order chi connectivity index (χ1) is 7.49. The smallest absolute Gasteiger partial charge is 0.306 e. The van der Waals surface area contributed by atoms with Crippen molar-refractivity contribution in [1.29, 1.82) is 0 Å². The molecule has 0 saturated carbocycles. The molecule has 0 aliphatic carbocycles. The first-order valence-electron chi connectivity index (χ1n) is 5.94. The quantitative estimate of drug-likeness (QED) is 0.597. The lowest BCUT2D eigenvalue weighted by atomic mass is 9.97. The fraction of sp³-hybridized carbons (Fsp3) is 0.833. The molecule has 2 N–H and O–H groups in total. The van der Waals surface area contributed by atoms with Gasteiger partial charge in [-0.2, -0.15) is 0 Å². The number of rotatable bonds is 9. The van der Waals surface area contributed by atoms with Gasteiger partial charge < -0.3 is 10.2 Å². The van der Waals surface area contributed by atoms with E-state index in [0.29, 0.717) is 19.3 Å². The molecular formula is C12H22O4. The average Bonchev–Trinajstić information content (AvgIpc) is 2.22. The Morgan fingerprint density at radius 2 is 1.56 bits per heavy atom. The van der Waals surface area contributed by atoms with Crippen LogP contribution < -0.4 is 0 Å². The van der Waals surface area contributed by atoms with Crippen molar-refractivity contribution >= 4 is 11.9 Å². The monoisotopic (exact) mass is 230 g/mol. The Hall–Kier alpha value is -1.06. The molecule has 0 bridgehead atoms. The summed E-state index contributed by atoms with van der Waals surface area (Å²) >= 11 is 0. The molecule has 2 unspecified atom stereocenters. The van der Waals surface area contributed by atoms with Gasteiger partial charge in [-0.15, -0.1) is 0 Å². The van der Waals surface area contributed by atoms with Crippen LogP contribution in [0, 0.1) is 11.8 Å². The lowest BCUT2D eigenvalue weighted by Crippen LogP contribution is -2.12. The van der Waals surface area contributed by atoms with Crippen LogP contribution in [0.5, 0.6) is 0 Å². The molecule has 0 heterocycles. The zero-order valence-electron chi connectivity index (χ0n) is 10.1. The molecule has 0 aromatic rings. The summed E-state index contributed by atoms with van der Waals surface area (Å²) in [5.74, 6) is -2.00. The number of carboxylic acid groups (broad SMARTS) is 2. The summed E-state index contributed by atoms with van der Waals surface area (Å²) in [5.41, 5.74) is 0. The van der Waals surface area contributed by atoms with E-state index in [0.717, 1.165) is 19.3 Å². The molecule has 16 heavy (non-hydrogen) atoms. The van der Waals surface area contributed by atoms with E-state index in [2.05, 4.69) is 0 Å². The van der Waals surface area contributed by atoms with Gasteiger partial charge >= 0.3 is 11.9 Å². The van der Waals surface area contributed by atoms with Gasteiger partial charge in [0.25, 0.3) is 0 Å². The van der Waals surface area contributed by atoms with Crippen LogP contribution in [0.15, 0.2) is 0 Å². The van der Waals surface area contributed by atoms with Crippen molar-refractivity contribution in [2.24, 2.45) is 11.8 Å². The molecule has 2 atom stereocenters. The van der Waals surface area contributed by atoms with Gasteiger partial charge in [-0.3, -0.25) is 9.59 Å². The largest absolute Gasteiger partial charge is 0.481 e. The fourth-order valence-corrected chi connectivity index (χ4v) is 1.64. The topological polar surface area (TPSA) is 74.6 Å². The number of hydrogen-bond donors (Lipinski definition) is 2. The Balaban J connectivity index is 3.53. The SMILES string of the molecule is CCC(CCCCCC(C)C(=O)O)C(=O)O. The minimum Gasteiger partial charge on any atom is -0.481 e. The number of aliphatic carboxylic acids is 2. The maximum Gasteiger partial charge on any atom is 0.306 e. The van der Waals surface area contributed by atoms with E-state index in [1.807, 2.05) is 6.92 Å². The van der Waals surface area contributed by atoms with Crippen LogP contribution in [0.25, 0.3) is 0 Å². The molecule has 0 aromatic carbocycles. The first-order valence-corrected chi connectivity index (χ1v) is 5.94. The van der Waals surface area contributed by atoms with Gasteiger partial charge in [0.15, 0.2) is 0 Å². The minimum atomic E-state index is -0.753. The molecular weight excluding hydrogens is 208 g/mol. The highest BCUT2D eigenvalue weighted by molar-refractivity contribution is 5.69. The van der Waals surface area contributed by atoms with Crippen LogP contribution in [-0.2, 0) is 9.59 Å². The number of hydrogen-bond acceptors (Lipinski definition) is 2. The van der Waals surface area contributed by atoms with E-state index in [9.17, 15) is 9.59 Å². The summed E-state index contributed by atoms with van der Waals surface area (Å²) in [6.07, 6.45) is 4.70. The molecule has 4 nitrogen and oxygen atoms in total. The third-order valence-corrected chi connectivity index (χ3v) is 2.95. The van der Waals surface area contributed by atoms with E-state index < -0.39 is 11.9 Å². The highest BCUT2D eigenvalue weighted by atomic mass is 16.4. The Morgan fingerprint density at radius 1 is 1.00 bits per heavy atom. The summed E-state index contributed by atoms with van der Waals surface area (Å²) in [4.78, 5) is 21.2. The Labute approximate surface area is 96.7 Å². The van der Waals surface area contributed by atoms with Crippen LogP contribution >= 0.6 is 0 Å². The minimum absolute atomic E-state index is 0.239. The molecule has 0 amide bonds. The Kier molecular flexibility index (Phi) is 7.60. The van der Waals surface area contributed by atoms with Crippen LogP contribution in [0.3, 0.4) is 0 Å². The second-order valence-corrected chi connectivity index (χ2v) is 4.32. The second-order valence-electron chi connectivity index (χ2n) is 4.32. The maximum absolute atomic E-state index is 10.7. The molecule has 0 radical (unpaired) electrons. The first kappa shape index (κ1) is 14.9. The summed E-state index contributed by atoms with van der Waals surface area (Å²) in [7, 11) is 0. The van der Waals surface area contributed by atoms with Gasteiger partial charge in [0, 0.05) is 0 Å². The van der Waals surface area contributed by atoms with Crippen molar-refractivity contribution < 1.29 is 19.8 Å². The highest BCUT2D eigenvalue weighted by Crippen LogP contribution is 2.16. The molecule has 0 rings (SSSR count). The molecule has 4 heteroatoms. The van der Waals surface area contributed by atoms with Crippen molar-refractivity contribution in [3.63, 3.8) is 0 Å². The van der Waals surface area contributed by atoms with E-state index in [-0.39, 0.29) is 11.8 Å². The van der Waals surface area contributed by atoms with Crippen molar-refractivity contribution in [3.8, 4) is 0 Å². The van der Waals surface area contributed by atoms with Gasteiger partial charge in [-0.05, 0) is 19.3 Å². The zero-order chi connectivity index (χ0) is 12.6. The molecule has 0 aliphatic rings. The van der Waals surface area contributed by atoms with Crippen molar-refractivity contribution in [1.82, 2.24) is 0 Å². The molecule has 0 aliphatic heterocycles. The van der Waals surface area contributed by atoms with E-state index >= 15 is 0 Å². The third kappa shape index (κ3) is 6.43. The van der Waals surface area contributed by atoms with Crippen LogP contribution in [-0.4, -0.2) is 22.2 Å². The van der Waals surface area contributed by atoms with Gasteiger partial charge in [0.1, 0.15) is 0 Å². The summed E-state index contributed by atoms with van der Waals surface area (Å²) < 4.78 is 0. The van der Waals surface area contributed by atoms with E-state index in [4.69, 9.17) is 10.2 Å². The standard InChI is InChI=1S/C12H22O4/c1-3-10(12(15)16)8-6-4-5-7-9(2)11(13)14/h9-10H,3-8H2,1-2H3,(H,13,14)(H,15,16). The predicted molar refractivity (Wildman–Crippen MR) is 61.3 cm³/mol. The Bertz CT molecular complexity index is 225. The summed E-state index contributed by atoms with van der Waals surface area (Å²) in [6.45, 7) is 3.58. The van der Waals surface area contributed by atoms with Crippen LogP contribution in [0.4, 0.5) is 0 Å². The maximum atomic E-state index is 10.7. The van der Waals surface area contributed by atoms with Gasteiger partial charge in [0.05, 0.1) is 11.8 Å². The summed E-state index contributed by atoms with van der Waals surface area (Å²) in [6, 6.07) is 0. The van der Waals surface area contributed by atoms with E-state index in [1.54, 1.807) is 6.92 Å². The number of unbranched alkanes of at least 4 members (excludes halogenated alkanes) is 2. The lowest BCUT2D eigenvalue weighted by Gasteiger charge is -2.09. The zero-order valence-corrected chi connectivity index (χ0v) is 10.1. The van der Waals surface area contributed by atoms with Gasteiger partial charge in [0.2, 0.25) is 0 Å². The third-order valence-electron chi connectivity index (χ3n) is 2.95. The normalized spacial score (nSPS) is 14.4. The van der Waals surface area contributed by atoms with Crippen molar-refractivity contribution in [2.45, 2.75) is 52.4 Å². The molecule has 0 aromatic heterocycles. The average molecular weight is 230 g/mol. The van der Waals surface area contributed by atoms with E-state index in [1.165, 1.54) is 0 Å². The van der Waals surface area contributed by atoms with Crippen LogP contribution in [0.2, 0.25) is 0 Å². The second kappa shape index (κ2) is 8.13. The van der Waals surface area contributed by atoms with Crippen LogP contribution in [0.1, 0.15) is 52.4 Å². The Morgan fingerprint density at radius 3 is 2.00 bits per heavy atom. The van der Waals surface area contributed by atoms with Crippen molar-refractivity contribution in [2.75, 3.05) is 0 Å². The number of carboxylic acids is 2. The van der Waals surface area contributed by atoms with Gasteiger partial charge in [-0.1, -0.05) is 33.1 Å². The highest BCUT2D eigenvalue weighted by Gasteiger charge is 2.14. The number of carbonyl (C=O) groups is 2. The molecule has 0 saturated heterocycles. The molecule has 0 fully saturated rings. The predicted octanol–water partition coefficient (Wildman–Crippen LogP) is 2.77. The molecule has 94 valence electrons.